The van der Waals surface area contributed by atoms with Crippen LogP contribution in [0.2, 0.25) is 10.0 Å². The van der Waals surface area contributed by atoms with E-state index in [1.807, 2.05) is 0 Å². The molecule has 0 aliphatic rings. The molecule has 3 aromatic rings. The average Bonchev–Trinajstić information content (AvgIpc) is 2.89. The Balaban J connectivity index is 2.02. The summed E-state index contributed by atoms with van der Waals surface area (Å²) in [7, 11) is -4.07. The lowest BCUT2D eigenvalue weighted by molar-refractivity contribution is 0.0997. The molecule has 0 radical (unpaired) electrons. The van der Waals surface area contributed by atoms with Crippen LogP contribution >= 0.6 is 23.2 Å². The van der Waals surface area contributed by atoms with Gasteiger partial charge in [-0.1, -0.05) is 23.2 Å². The fourth-order valence-electron chi connectivity index (χ4n) is 2.29. The first-order valence-electron chi connectivity index (χ1n) is 6.81. The third-order valence-corrected chi connectivity index (χ3v) is 5.46. The van der Waals surface area contributed by atoms with Gasteiger partial charge in [-0.05, 0) is 30.3 Å². The van der Waals surface area contributed by atoms with Crippen LogP contribution in [0.4, 0.5) is 5.69 Å². The van der Waals surface area contributed by atoms with Crippen molar-refractivity contribution >= 4 is 55.7 Å². The van der Waals surface area contributed by atoms with Crippen LogP contribution in [-0.2, 0) is 10.0 Å². The summed E-state index contributed by atoms with van der Waals surface area (Å²) >= 11 is 11.8. The number of carbonyl (C=O) groups excluding carboxylic acids is 1. The molecule has 0 spiro atoms. The number of carbonyl (C=O) groups is 1. The molecule has 1 amide bonds. The van der Waals surface area contributed by atoms with E-state index in [1.165, 1.54) is 6.07 Å². The highest BCUT2D eigenvalue weighted by atomic mass is 35.5. The fourth-order valence-corrected chi connectivity index (χ4v) is 3.89. The minimum absolute atomic E-state index is 0.274. The van der Waals surface area contributed by atoms with Gasteiger partial charge in [0.1, 0.15) is 5.75 Å². The second-order valence-electron chi connectivity index (χ2n) is 5.17. The predicted octanol–water partition coefficient (Wildman–Crippen LogP) is 3.08. The molecule has 7 nitrogen and oxygen atoms in total. The number of nitrogens with two attached hydrogens (primary N) is 1. The number of rotatable bonds is 4. The number of phenols is 1. The number of sulfonamides is 1. The number of primary amides is 1. The van der Waals surface area contributed by atoms with Crippen molar-refractivity contribution in [2.75, 3.05) is 4.72 Å². The Morgan fingerprint density at radius 2 is 1.88 bits per heavy atom. The first kappa shape index (κ1) is 17.4. The van der Waals surface area contributed by atoms with Gasteiger partial charge in [0.25, 0.3) is 15.9 Å². The highest BCUT2D eigenvalue weighted by Crippen LogP contribution is 2.32. The molecule has 0 aliphatic carbocycles. The SMILES string of the molecule is NC(=O)c1cc(S(=O)(=O)Nc2ccc3c(Cl)c[nH]c3c2)cc(Cl)c1O. The number of aromatic nitrogens is 1. The zero-order valence-corrected chi connectivity index (χ0v) is 14.7. The van der Waals surface area contributed by atoms with Crippen molar-refractivity contribution in [2.24, 2.45) is 5.73 Å². The summed E-state index contributed by atoms with van der Waals surface area (Å²) in [5.74, 6) is -1.57. The van der Waals surface area contributed by atoms with E-state index in [2.05, 4.69) is 9.71 Å². The molecule has 1 aromatic heterocycles. The van der Waals surface area contributed by atoms with Gasteiger partial charge in [0.2, 0.25) is 0 Å². The molecule has 0 saturated carbocycles. The predicted molar refractivity (Wildman–Crippen MR) is 95.8 cm³/mol. The topological polar surface area (TPSA) is 125 Å². The van der Waals surface area contributed by atoms with Gasteiger partial charge in [-0.2, -0.15) is 0 Å². The van der Waals surface area contributed by atoms with Gasteiger partial charge in [0.05, 0.1) is 26.2 Å². The zero-order chi connectivity index (χ0) is 18.4. The molecule has 0 fully saturated rings. The van der Waals surface area contributed by atoms with Crippen LogP contribution in [0.5, 0.6) is 5.75 Å². The molecule has 0 atom stereocenters. The number of halogens is 2. The zero-order valence-electron chi connectivity index (χ0n) is 12.4. The van der Waals surface area contributed by atoms with Gasteiger partial charge in [-0.25, -0.2) is 8.42 Å². The largest absolute Gasteiger partial charge is 0.506 e. The van der Waals surface area contributed by atoms with E-state index in [9.17, 15) is 18.3 Å². The molecule has 0 bridgehead atoms. The summed E-state index contributed by atoms with van der Waals surface area (Å²) in [5.41, 5.74) is 5.65. The average molecular weight is 400 g/mol. The third-order valence-electron chi connectivity index (χ3n) is 3.50. The molecule has 10 heteroatoms. The molecule has 0 unspecified atom stereocenters. The Labute approximate surface area is 152 Å². The minimum atomic E-state index is -4.07. The number of aromatic amines is 1. The first-order chi connectivity index (χ1) is 11.7. The number of anilines is 1. The molecule has 130 valence electrons. The normalized spacial score (nSPS) is 11.6. The number of benzene rings is 2. The fraction of sp³-hybridized carbons (Fsp3) is 0. The number of aromatic hydroxyl groups is 1. The van der Waals surface area contributed by atoms with Crippen LogP contribution in [0.25, 0.3) is 10.9 Å². The van der Waals surface area contributed by atoms with Gasteiger partial charge in [0, 0.05) is 17.1 Å². The summed E-state index contributed by atoms with van der Waals surface area (Å²) in [6.45, 7) is 0. The number of nitrogens with one attached hydrogen (secondary N) is 2. The third kappa shape index (κ3) is 3.23. The van der Waals surface area contributed by atoms with Crippen molar-refractivity contribution < 1.29 is 18.3 Å². The Morgan fingerprint density at radius 1 is 1.16 bits per heavy atom. The van der Waals surface area contributed by atoms with Crippen molar-refractivity contribution in [3.63, 3.8) is 0 Å². The lowest BCUT2D eigenvalue weighted by Gasteiger charge is -2.11. The maximum Gasteiger partial charge on any atom is 0.261 e. The van der Waals surface area contributed by atoms with Gasteiger partial charge < -0.3 is 15.8 Å². The van der Waals surface area contributed by atoms with Crippen molar-refractivity contribution in [2.45, 2.75) is 4.90 Å². The molecule has 5 N–H and O–H groups in total. The summed E-state index contributed by atoms with van der Waals surface area (Å²) < 4.78 is 27.4. The second kappa shape index (κ2) is 6.14. The van der Waals surface area contributed by atoms with Gasteiger partial charge >= 0.3 is 0 Å². The molecular weight excluding hydrogens is 389 g/mol. The number of fused-ring (bicyclic) bond motifs is 1. The lowest BCUT2D eigenvalue weighted by Crippen LogP contribution is -2.16. The van der Waals surface area contributed by atoms with Crippen LogP contribution < -0.4 is 10.5 Å². The summed E-state index contributed by atoms with van der Waals surface area (Å²) in [6.07, 6.45) is 1.59. The van der Waals surface area contributed by atoms with Crippen molar-refractivity contribution in [1.29, 1.82) is 0 Å². The lowest BCUT2D eigenvalue weighted by atomic mass is 10.2. The Hall–Kier alpha value is -2.42. The molecule has 0 aliphatic heterocycles. The smallest absolute Gasteiger partial charge is 0.261 e. The highest BCUT2D eigenvalue weighted by molar-refractivity contribution is 7.92. The van der Waals surface area contributed by atoms with Crippen LogP contribution in [0.1, 0.15) is 10.4 Å². The van der Waals surface area contributed by atoms with Crippen LogP contribution in [-0.4, -0.2) is 24.4 Å². The van der Waals surface area contributed by atoms with E-state index in [1.54, 1.807) is 18.3 Å². The summed E-state index contributed by atoms with van der Waals surface area (Å²) in [4.78, 5) is 13.9. The van der Waals surface area contributed by atoms with Crippen molar-refractivity contribution in [1.82, 2.24) is 4.98 Å². The number of H-pyrrole nitrogens is 1. The molecule has 3 rings (SSSR count). The molecule has 1 heterocycles. The van der Waals surface area contributed by atoms with E-state index in [0.29, 0.717) is 10.5 Å². The Bertz CT molecular complexity index is 1110. The second-order valence-corrected chi connectivity index (χ2v) is 7.66. The van der Waals surface area contributed by atoms with Gasteiger partial charge in [-0.3, -0.25) is 9.52 Å². The number of hydrogen-bond acceptors (Lipinski definition) is 4. The van der Waals surface area contributed by atoms with E-state index in [0.717, 1.165) is 17.5 Å². The van der Waals surface area contributed by atoms with Crippen molar-refractivity contribution in [3.8, 4) is 5.75 Å². The van der Waals surface area contributed by atoms with E-state index < -0.39 is 21.7 Å². The molecular formula is C15H11Cl2N3O4S. The summed E-state index contributed by atoms with van der Waals surface area (Å²) in [5, 5.41) is 10.7. The highest BCUT2D eigenvalue weighted by Gasteiger charge is 2.21. The summed E-state index contributed by atoms with van der Waals surface area (Å²) in [6, 6.07) is 6.74. The molecule has 25 heavy (non-hydrogen) atoms. The number of hydrogen-bond donors (Lipinski definition) is 4. The minimum Gasteiger partial charge on any atom is -0.506 e. The quantitative estimate of drug-likeness (QED) is 0.537. The van der Waals surface area contributed by atoms with Gasteiger partial charge in [0.15, 0.2) is 0 Å². The van der Waals surface area contributed by atoms with Crippen LogP contribution in [0, 0.1) is 0 Å². The van der Waals surface area contributed by atoms with Crippen LogP contribution in [0.15, 0.2) is 41.4 Å². The number of amides is 1. The van der Waals surface area contributed by atoms with Crippen LogP contribution in [0.3, 0.4) is 0 Å². The first-order valence-corrected chi connectivity index (χ1v) is 9.05. The molecule has 0 saturated heterocycles. The monoisotopic (exact) mass is 399 g/mol. The van der Waals surface area contributed by atoms with E-state index in [4.69, 9.17) is 28.9 Å². The van der Waals surface area contributed by atoms with Crippen molar-refractivity contribution in [3.05, 3.63) is 52.1 Å². The standard InChI is InChI=1S/C15H11Cl2N3O4S/c16-11-5-8(4-10(14(11)21)15(18)22)25(23,24)20-7-1-2-9-12(17)6-19-13(9)3-7/h1-6,19-21H,(H2,18,22). The Morgan fingerprint density at radius 3 is 2.56 bits per heavy atom. The van der Waals surface area contributed by atoms with Gasteiger partial charge in [-0.15, -0.1) is 0 Å². The van der Waals surface area contributed by atoms with E-state index in [-0.39, 0.29) is 21.2 Å². The molecule has 2 aromatic carbocycles. The maximum atomic E-state index is 12.5. The van der Waals surface area contributed by atoms with E-state index >= 15 is 0 Å². The maximum absolute atomic E-state index is 12.5. The Kier molecular flexibility index (Phi) is 4.28.